The van der Waals surface area contributed by atoms with Crippen molar-refractivity contribution >= 4 is 27.3 Å². The first-order valence-electron chi connectivity index (χ1n) is 9.85. The second-order valence-corrected chi connectivity index (χ2v) is 9.83. The standard InChI is InChI=1S/C21H25N3O6S/c1-14-10-15(2)13-23(12-14)31(28,29)18-7-4-16(5-8-18)21(25)22-19-11-17(24(26)27)6-9-20(19)30-3/h4-9,11,14-15H,10,12-13H2,1-3H3,(H,22,25). The van der Waals surface area contributed by atoms with E-state index in [0.717, 1.165) is 6.42 Å². The molecule has 0 radical (unpaired) electrons. The molecule has 1 aliphatic rings. The highest BCUT2D eigenvalue weighted by molar-refractivity contribution is 7.89. The minimum Gasteiger partial charge on any atom is -0.495 e. The number of non-ortho nitro benzene ring substituents is 1. The van der Waals surface area contributed by atoms with Crippen LogP contribution >= 0.6 is 0 Å². The van der Waals surface area contributed by atoms with E-state index < -0.39 is 20.9 Å². The van der Waals surface area contributed by atoms with Crippen molar-refractivity contribution in [3.63, 3.8) is 0 Å². The summed E-state index contributed by atoms with van der Waals surface area (Å²) < 4.78 is 32.6. The number of carbonyl (C=O) groups excluding carboxylic acids is 1. The quantitative estimate of drug-likeness (QED) is 0.535. The first kappa shape index (κ1) is 22.7. The number of piperidine rings is 1. The van der Waals surface area contributed by atoms with Gasteiger partial charge >= 0.3 is 0 Å². The van der Waals surface area contributed by atoms with Crippen molar-refractivity contribution in [2.45, 2.75) is 25.2 Å². The van der Waals surface area contributed by atoms with Gasteiger partial charge < -0.3 is 10.1 Å². The second-order valence-electron chi connectivity index (χ2n) is 7.89. The second kappa shape index (κ2) is 9.03. The summed E-state index contributed by atoms with van der Waals surface area (Å²) in [5.41, 5.74) is 0.171. The first-order valence-corrected chi connectivity index (χ1v) is 11.3. The third-order valence-electron chi connectivity index (χ3n) is 5.23. The summed E-state index contributed by atoms with van der Waals surface area (Å²) in [5, 5.41) is 13.6. The van der Waals surface area contributed by atoms with E-state index >= 15 is 0 Å². The molecule has 0 spiro atoms. The highest BCUT2D eigenvalue weighted by atomic mass is 32.2. The summed E-state index contributed by atoms with van der Waals surface area (Å²) in [6, 6.07) is 9.51. The molecule has 2 unspecified atom stereocenters. The zero-order valence-corrected chi connectivity index (χ0v) is 18.4. The summed E-state index contributed by atoms with van der Waals surface area (Å²) in [6.07, 6.45) is 0.992. The Morgan fingerprint density at radius 3 is 2.29 bits per heavy atom. The average molecular weight is 448 g/mol. The number of rotatable bonds is 6. The van der Waals surface area contributed by atoms with E-state index in [-0.39, 0.29) is 39.4 Å². The fourth-order valence-electron chi connectivity index (χ4n) is 3.83. The number of carbonyl (C=O) groups is 1. The van der Waals surface area contributed by atoms with Crippen LogP contribution in [0.3, 0.4) is 0 Å². The Kier molecular flexibility index (Phi) is 6.61. The Balaban J connectivity index is 1.79. The zero-order valence-electron chi connectivity index (χ0n) is 17.6. The van der Waals surface area contributed by atoms with Crippen LogP contribution in [0.4, 0.5) is 11.4 Å². The maximum atomic E-state index is 13.0. The molecule has 3 rings (SSSR count). The number of nitro benzene ring substituents is 1. The van der Waals surface area contributed by atoms with Crippen LogP contribution < -0.4 is 10.1 Å². The minimum atomic E-state index is -3.65. The minimum absolute atomic E-state index is 0.123. The van der Waals surface area contributed by atoms with Gasteiger partial charge in [-0.25, -0.2) is 8.42 Å². The average Bonchev–Trinajstić information content (AvgIpc) is 2.73. The van der Waals surface area contributed by atoms with Gasteiger partial charge in [-0.1, -0.05) is 13.8 Å². The molecule has 2 atom stereocenters. The topological polar surface area (TPSA) is 119 Å². The van der Waals surface area contributed by atoms with Crippen molar-refractivity contribution in [2.24, 2.45) is 11.8 Å². The van der Waals surface area contributed by atoms with Gasteiger partial charge in [0.05, 0.1) is 22.6 Å². The lowest BCUT2D eigenvalue weighted by Gasteiger charge is -2.34. The van der Waals surface area contributed by atoms with Crippen molar-refractivity contribution in [2.75, 3.05) is 25.5 Å². The van der Waals surface area contributed by atoms with E-state index in [1.807, 2.05) is 13.8 Å². The maximum Gasteiger partial charge on any atom is 0.271 e. The Labute approximate surface area is 181 Å². The lowest BCUT2D eigenvalue weighted by atomic mass is 9.94. The molecule has 1 amide bonds. The molecule has 2 aromatic carbocycles. The fraction of sp³-hybridized carbons (Fsp3) is 0.381. The first-order chi connectivity index (χ1) is 14.6. The number of methoxy groups -OCH3 is 1. The number of anilines is 1. The van der Waals surface area contributed by atoms with Gasteiger partial charge in [0.2, 0.25) is 10.0 Å². The molecule has 10 heteroatoms. The summed E-state index contributed by atoms with van der Waals surface area (Å²) in [4.78, 5) is 23.2. The van der Waals surface area contributed by atoms with Gasteiger partial charge in [0, 0.05) is 30.8 Å². The number of nitrogens with zero attached hydrogens (tertiary/aromatic N) is 2. The Bertz CT molecular complexity index is 1070. The molecule has 0 bridgehead atoms. The summed E-state index contributed by atoms with van der Waals surface area (Å²) >= 11 is 0. The number of hydrogen-bond acceptors (Lipinski definition) is 6. The van der Waals surface area contributed by atoms with Crippen LogP contribution in [0.2, 0.25) is 0 Å². The number of nitro groups is 1. The van der Waals surface area contributed by atoms with Gasteiger partial charge in [0.1, 0.15) is 5.75 Å². The number of benzene rings is 2. The van der Waals surface area contributed by atoms with Gasteiger partial charge in [-0.15, -0.1) is 0 Å². The van der Waals surface area contributed by atoms with Crippen LogP contribution in [0.15, 0.2) is 47.4 Å². The van der Waals surface area contributed by atoms with Gasteiger partial charge in [-0.2, -0.15) is 4.31 Å². The van der Waals surface area contributed by atoms with E-state index in [1.54, 1.807) is 0 Å². The van der Waals surface area contributed by atoms with Gasteiger partial charge in [0.15, 0.2) is 0 Å². The molecular weight excluding hydrogens is 422 g/mol. The van der Waals surface area contributed by atoms with Crippen LogP contribution in [-0.4, -0.2) is 43.8 Å². The van der Waals surface area contributed by atoms with E-state index in [9.17, 15) is 23.3 Å². The predicted molar refractivity (Wildman–Crippen MR) is 116 cm³/mol. The molecule has 1 saturated heterocycles. The molecule has 166 valence electrons. The molecule has 0 saturated carbocycles. The number of ether oxygens (including phenoxy) is 1. The third kappa shape index (κ3) is 5.02. The lowest BCUT2D eigenvalue weighted by Crippen LogP contribution is -2.42. The van der Waals surface area contributed by atoms with Gasteiger partial charge in [0.25, 0.3) is 11.6 Å². The molecule has 0 aliphatic carbocycles. The zero-order chi connectivity index (χ0) is 22.8. The van der Waals surface area contributed by atoms with Crippen LogP contribution in [-0.2, 0) is 10.0 Å². The summed E-state index contributed by atoms with van der Waals surface area (Å²) in [7, 11) is -2.26. The summed E-state index contributed by atoms with van der Waals surface area (Å²) in [6.45, 7) is 5.02. The fourth-order valence-corrected chi connectivity index (χ4v) is 5.51. The molecule has 1 aliphatic heterocycles. The molecule has 9 nitrogen and oxygen atoms in total. The monoisotopic (exact) mass is 447 g/mol. The molecule has 1 fully saturated rings. The van der Waals surface area contributed by atoms with Crippen molar-refractivity contribution in [1.29, 1.82) is 0 Å². The lowest BCUT2D eigenvalue weighted by molar-refractivity contribution is -0.384. The largest absolute Gasteiger partial charge is 0.495 e. The SMILES string of the molecule is COc1ccc([N+](=O)[O-])cc1NC(=O)c1ccc(S(=O)(=O)N2CC(C)CC(C)C2)cc1. The van der Waals surface area contributed by atoms with E-state index in [0.29, 0.717) is 13.1 Å². The van der Waals surface area contributed by atoms with Crippen molar-refractivity contribution < 1.29 is 22.9 Å². The molecule has 0 aromatic heterocycles. The number of hydrogen-bond donors (Lipinski definition) is 1. The summed E-state index contributed by atoms with van der Waals surface area (Å²) in [5.74, 6) is 0.302. The van der Waals surface area contributed by atoms with Gasteiger partial charge in [-0.3, -0.25) is 14.9 Å². The highest BCUT2D eigenvalue weighted by Crippen LogP contribution is 2.30. The maximum absolute atomic E-state index is 13.0. The molecular formula is C21H25N3O6S. The Hall–Kier alpha value is -2.98. The van der Waals surface area contributed by atoms with Crippen LogP contribution in [0, 0.1) is 22.0 Å². The third-order valence-corrected chi connectivity index (χ3v) is 7.08. The van der Waals surface area contributed by atoms with E-state index in [1.165, 1.54) is 53.9 Å². The normalized spacial score (nSPS) is 19.6. The Morgan fingerprint density at radius 2 is 1.74 bits per heavy atom. The smallest absolute Gasteiger partial charge is 0.271 e. The van der Waals surface area contributed by atoms with Crippen molar-refractivity contribution in [1.82, 2.24) is 4.31 Å². The van der Waals surface area contributed by atoms with E-state index in [4.69, 9.17) is 4.74 Å². The number of nitrogens with one attached hydrogen (secondary N) is 1. The number of amides is 1. The van der Waals surface area contributed by atoms with Crippen molar-refractivity contribution in [3.05, 3.63) is 58.1 Å². The Morgan fingerprint density at radius 1 is 1.13 bits per heavy atom. The van der Waals surface area contributed by atoms with Crippen LogP contribution in [0.5, 0.6) is 5.75 Å². The van der Waals surface area contributed by atoms with Gasteiger partial charge in [-0.05, 0) is 48.6 Å². The molecule has 2 aromatic rings. The molecule has 1 N–H and O–H groups in total. The van der Waals surface area contributed by atoms with Crippen LogP contribution in [0.1, 0.15) is 30.6 Å². The predicted octanol–water partition coefficient (Wildman–Crippen LogP) is 3.52. The molecule has 1 heterocycles. The van der Waals surface area contributed by atoms with Crippen LogP contribution in [0.25, 0.3) is 0 Å². The number of sulfonamides is 1. The van der Waals surface area contributed by atoms with E-state index in [2.05, 4.69) is 5.32 Å². The molecule has 31 heavy (non-hydrogen) atoms. The highest BCUT2D eigenvalue weighted by Gasteiger charge is 2.31. The van der Waals surface area contributed by atoms with Crippen molar-refractivity contribution in [3.8, 4) is 5.75 Å².